The van der Waals surface area contributed by atoms with Crippen LogP contribution in [0.25, 0.3) is 0 Å². The molecular weight excluding hydrogens is 343 g/mol. The molecule has 0 radical (unpaired) electrons. The van der Waals surface area contributed by atoms with Crippen molar-refractivity contribution in [2.24, 2.45) is 5.92 Å². The maximum Gasteiger partial charge on any atom is 0.333 e. The van der Waals surface area contributed by atoms with Crippen LogP contribution in [0.5, 0.6) is 0 Å². The van der Waals surface area contributed by atoms with Crippen LogP contribution in [0.1, 0.15) is 24.4 Å². The van der Waals surface area contributed by atoms with Crippen molar-refractivity contribution in [1.82, 2.24) is 4.90 Å². The van der Waals surface area contributed by atoms with E-state index in [1.807, 2.05) is 42.3 Å². The van der Waals surface area contributed by atoms with E-state index in [4.69, 9.17) is 4.74 Å². The Morgan fingerprint density at radius 2 is 1.78 bits per heavy atom. The third kappa shape index (κ3) is 3.83. The average Bonchev–Trinajstić information content (AvgIpc) is 2.70. The Morgan fingerprint density at radius 1 is 1.11 bits per heavy atom. The van der Waals surface area contributed by atoms with Crippen LogP contribution in [0.2, 0.25) is 0 Å². The van der Waals surface area contributed by atoms with Crippen molar-refractivity contribution in [3.63, 3.8) is 0 Å². The van der Waals surface area contributed by atoms with Gasteiger partial charge in [0.15, 0.2) is 6.04 Å². The molecule has 0 amide bonds. The number of piperidine rings is 3. The number of fused-ring (bicyclic) bond motifs is 3. The highest BCUT2D eigenvalue weighted by Gasteiger charge is 2.38. The van der Waals surface area contributed by atoms with E-state index in [0.717, 1.165) is 43.7 Å². The molecule has 2 aromatic rings. The molecule has 3 fully saturated rings. The van der Waals surface area contributed by atoms with E-state index in [-0.39, 0.29) is 17.9 Å². The molecule has 0 N–H and O–H groups in total. The van der Waals surface area contributed by atoms with Gasteiger partial charge in [-0.3, -0.25) is 4.90 Å². The van der Waals surface area contributed by atoms with E-state index < -0.39 is 6.04 Å². The molecule has 3 aliphatic rings. The van der Waals surface area contributed by atoms with Crippen molar-refractivity contribution in [1.29, 1.82) is 0 Å². The smallest absolute Gasteiger partial charge is 0.333 e. The Balaban J connectivity index is 1.58. The number of hydrogen-bond acceptors (Lipinski definition) is 4. The molecule has 27 heavy (non-hydrogen) atoms. The molecule has 1 unspecified atom stereocenters. The fourth-order valence-corrected chi connectivity index (χ4v) is 4.24. The zero-order chi connectivity index (χ0) is 18.8. The maximum absolute atomic E-state index is 13.3. The minimum absolute atomic E-state index is 0.0344. The van der Waals surface area contributed by atoms with Crippen LogP contribution >= 0.6 is 0 Å². The lowest BCUT2D eigenvalue weighted by Crippen LogP contribution is -2.52. The van der Waals surface area contributed by atoms with E-state index in [1.165, 1.54) is 12.1 Å². The van der Waals surface area contributed by atoms with Crippen molar-refractivity contribution in [3.8, 4) is 0 Å². The number of nitrogens with zero attached hydrogens (tertiary/aromatic N) is 2. The first-order chi connectivity index (χ1) is 13.1. The fraction of sp³-hybridized carbons (Fsp3) is 0.409. The third-order valence-electron chi connectivity index (χ3n) is 5.82. The first kappa shape index (κ1) is 18.0. The quantitative estimate of drug-likeness (QED) is 0.755. The molecule has 3 saturated heterocycles. The molecule has 2 bridgehead atoms. The second-order valence-electron chi connectivity index (χ2n) is 7.51. The highest BCUT2D eigenvalue weighted by molar-refractivity contribution is 5.82. The van der Waals surface area contributed by atoms with Gasteiger partial charge in [-0.1, -0.05) is 30.3 Å². The van der Waals surface area contributed by atoms with E-state index in [9.17, 15) is 9.18 Å². The van der Waals surface area contributed by atoms with Crippen molar-refractivity contribution in [3.05, 3.63) is 66.0 Å². The summed E-state index contributed by atoms with van der Waals surface area (Å²) in [4.78, 5) is 17.4. The number of halogens is 1. The number of ether oxygens (including phenoxy) is 1. The summed E-state index contributed by atoms with van der Waals surface area (Å²) < 4.78 is 19.3. The molecule has 0 aliphatic carbocycles. The predicted molar refractivity (Wildman–Crippen MR) is 103 cm³/mol. The van der Waals surface area contributed by atoms with Crippen molar-refractivity contribution < 1.29 is 13.9 Å². The standard InChI is InChI=1S/C22H25FN2O2/c1-24(19-9-7-18(23)8-10-19)21(17-5-3-2-4-6-17)22(26)27-20-15-25-13-11-16(20)12-14-25/h2-10,16,20-21H,11-15H2,1H3/t20?,21-/m1/s1. The van der Waals surface area contributed by atoms with Gasteiger partial charge < -0.3 is 9.64 Å². The number of hydrogen-bond donors (Lipinski definition) is 0. The summed E-state index contributed by atoms with van der Waals surface area (Å²) in [7, 11) is 1.85. The molecular formula is C22H25FN2O2. The van der Waals surface area contributed by atoms with Gasteiger partial charge in [-0.15, -0.1) is 0 Å². The van der Waals surface area contributed by atoms with Gasteiger partial charge in [-0.05, 0) is 61.7 Å². The second kappa shape index (κ2) is 7.69. The Hall–Kier alpha value is -2.40. The Labute approximate surface area is 159 Å². The number of carbonyl (C=O) groups is 1. The number of rotatable bonds is 5. The van der Waals surface area contributed by atoms with Crippen LogP contribution in [0, 0.1) is 11.7 Å². The summed E-state index contributed by atoms with van der Waals surface area (Å²) >= 11 is 0. The number of carbonyl (C=O) groups excluding carboxylic acids is 1. The normalized spacial score (nSPS) is 25.0. The lowest BCUT2D eigenvalue weighted by molar-refractivity contribution is -0.160. The Bertz CT molecular complexity index is 773. The third-order valence-corrected chi connectivity index (χ3v) is 5.82. The largest absolute Gasteiger partial charge is 0.459 e. The zero-order valence-electron chi connectivity index (χ0n) is 15.6. The first-order valence-corrected chi connectivity index (χ1v) is 9.58. The lowest BCUT2D eigenvalue weighted by Gasteiger charge is -2.44. The van der Waals surface area contributed by atoms with Gasteiger partial charge >= 0.3 is 5.97 Å². The molecule has 142 valence electrons. The fourth-order valence-electron chi connectivity index (χ4n) is 4.24. The van der Waals surface area contributed by atoms with E-state index in [0.29, 0.717) is 5.92 Å². The van der Waals surface area contributed by atoms with Crippen molar-refractivity contribution in [2.75, 3.05) is 31.6 Å². The molecule has 0 spiro atoms. The summed E-state index contributed by atoms with van der Waals surface area (Å²) in [6, 6.07) is 15.3. The highest BCUT2D eigenvalue weighted by atomic mass is 19.1. The minimum Gasteiger partial charge on any atom is -0.459 e. The molecule has 5 rings (SSSR count). The molecule has 5 heteroatoms. The van der Waals surface area contributed by atoms with Gasteiger partial charge in [0.25, 0.3) is 0 Å². The van der Waals surface area contributed by atoms with Gasteiger partial charge in [0.2, 0.25) is 0 Å². The number of likely N-dealkylation sites (N-methyl/N-ethyl adjacent to an activating group) is 1. The maximum atomic E-state index is 13.3. The predicted octanol–water partition coefficient (Wildman–Crippen LogP) is 3.64. The van der Waals surface area contributed by atoms with Gasteiger partial charge in [-0.25, -0.2) is 9.18 Å². The summed E-state index contributed by atoms with van der Waals surface area (Å²) in [6.07, 6.45) is 2.16. The van der Waals surface area contributed by atoms with E-state index >= 15 is 0 Å². The van der Waals surface area contributed by atoms with Crippen LogP contribution < -0.4 is 4.90 Å². The monoisotopic (exact) mass is 368 g/mol. The summed E-state index contributed by atoms with van der Waals surface area (Å²) in [6.45, 7) is 3.05. The topological polar surface area (TPSA) is 32.8 Å². The van der Waals surface area contributed by atoms with Crippen LogP contribution in [0.3, 0.4) is 0 Å². The molecule has 0 aromatic heterocycles. The molecule has 3 heterocycles. The summed E-state index contributed by atoms with van der Waals surface area (Å²) in [5.74, 6) is -0.0726. The molecule has 4 nitrogen and oxygen atoms in total. The van der Waals surface area contributed by atoms with E-state index in [1.54, 1.807) is 12.1 Å². The van der Waals surface area contributed by atoms with Gasteiger partial charge in [0, 0.05) is 19.3 Å². The highest BCUT2D eigenvalue weighted by Crippen LogP contribution is 2.32. The van der Waals surface area contributed by atoms with Crippen LogP contribution in [0.4, 0.5) is 10.1 Å². The molecule has 0 saturated carbocycles. The van der Waals surface area contributed by atoms with Crippen molar-refractivity contribution in [2.45, 2.75) is 25.0 Å². The number of anilines is 1. The van der Waals surface area contributed by atoms with Crippen LogP contribution in [-0.2, 0) is 9.53 Å². The van der Waals surface area contributed by atoms with Gasteiger partial charge in [0.05, 0.1) is 0 Å². The zero-order valence-corrected chi connectivity index (χ0v) is 15.6. The molecule has 2 aromatic carbocycles. The lowest BCUT2D eigenvalue weighted by atomic mass is 9.86. The van der Waals surface area contributed by atoms with Crippen LogP contribution in [-0.4, -0.2) is 43.7 Å². The average molecular weight is 368 g/mol. The Kier molecular flexibility index (Phi) is 5.12. The van der Waals surface area contributed by atoms with Gasteiger partial charge in [-0.2, -0.15) is 0 Å². The summed E-state index contributed by atoms with van der Waals surface area (Å²) in [5, 5.41) is 0. The Morgan fingerprint density at radius 3 is 2.37 bits per heavy atom. The molecule has 2 atom stereocenters. The minimum atomic E-state index is -0.563. The second-order valence-corrected chi connectivity index (χ2v) is 7.51. The SMILES string of the molecule is CN(c1ccc(F)cc1)[C@@H](C(=O)OC1CN2CCC1CC2)c1ccccc1. The summed E-state index contributed by atoms with van der Waals surface area (Å²) in [5.41, 5.74) is 1.65. The first-order valence-electron chi connectivity index (χ1n) is 9.58. The van der Waals surface area contributed by atoms with Crippen LogP contribution in [0.15, 0.2) is 54.6 Å². The van der Waals surface area contributed by atoms with E-state index in [2.05, 4.69) is 4.90 Å². The number of esters is 1. The van der Waals surface area contributed by atoms with Crippen molar-refractivity contribution >= 4 is 11.7 Å². The molecule has 3 aliphatic heterocycles. The number of benzene rings is 2. The van der Waals surface area contributed by atoms with Gasteiger partial charge in [0.1, 0.15) is 11.9 Å².